The number of pyridine rings is 1. The minimum Gasteiger partial charge on any atom is -0.428 e. The zero-order valence-electron chi connectivity index (χ0n) is 6.86. The maximum Gasteiger partial charge on any atom is 0.444 e. The highest BCUT2D eigenvalue weighted by molar-refractivity contribution is 9.10. The number of hydrogen-bond acceptors (Lipinski definition) is 2. The van der Waals surface area contributed by atoms with Crippen LogP contribution in [-0.2, 0) is 0 Å². The predicted molar refractivity (Wildman–Crippen MR) is 53.3 cm³/mol. The lowest BCUT2D eigenvalue weighted by molar-refractivity contribution is -0.199. The zero-order chi connectivity index (χ0) is 11.6. The summed E-state index contributed by atoms with van der Waals surface area (Å²) in [7, 11) is 0. The lowest BCUT2D eigenvalue weighted by atomic mass is 10.4. The molecular formula is C7H3BrCl2F3NO. The maximum absolute atomic E-state index is 12.7. The fourth-order valence-corrected chi connectivity index (χ4v) is 1.14. The Bertz CT molecular complexity index is 364. The average Bonchev–Trinajstić information content (AvgIpc) is 2.10. The van der Waals surface area contributed by atoms with E-state index >= 15 is 0 Å². The van der Waals surface area contributed by atoms with Gasteiger partial charge < -0.3 is 4.74 Å². The van der Waals surface area contributed by atoms with E-state index in [9.17, 15) is 13.2 Å². The van der Waals surface area contributed by atoms with E-state index in [-0.39, 0.29) is 15.4 Å². The SMILES string of the molecule is FC(Cl)C(F)(F)Oc1cnc(Cl)c(Br)c1. The molecule has 15 heavy (non-hydrogen) atoms. The minimum atomic E-state index is -4.11. The Morgan fingerprint density at radius 2 is 2.13 bits per heavy atom. The highest BCUT2D eigenvalue weighted by Gasteiger charge is 2.42. The third-order valence-electron chi connectivity index (χ3n) is 1.28. The van der Waals surface area contributed by atoms with Gasteiger partial charge in [0.1, 0.15) is 10.9 Å². The normalized spacial score (nSPS) is 13.7. The molecule has 84 valence electrons. The molecule has 1 unspecified atom stereocenters. The quantitative estimate of drug-likeness (QED) is 0.619. The molecule has 1 rings (SSSR count). The van der Waals surface area contributed by atoms with Crippen molar-refractivity contribution in [3.8, 4) is 5.75 Å². The van der Waals surface area contributed by atoms with Crippen molar-refractivity contribution in [2.24, 2.45) is 0 Å². The summed E-state index contributed by atoms with van der Waals surface area (Å²) in [6.07, 6.45) is -3.18. The van der Waals surface area contributed by atoms with Crippen LogP contribution in [-0.4, -0.2) is 16.7 Å². The van der Waals surface area contributed by atoms with E-state index in [1.807, 2.05) is 0 Å². The molecule has 1 aromatic rings. The van der Waals surface area contributed by atoms with Crippen LogP contribution in [0.5, 0.6) is 5.75 Å². The lowest BCUT2D eigenvalue weighted by Crippen LogP contribution is -2.32. The molecule has 2 nitrogen and oxygen atoms in total. The molecule has 0 aromatic carbocycles. The molecule has 0 bridgehead atoms. The first-order valence-corrected chi connectivity index (χ1v) is 5.09. The molecule has 0 amide bonds. The topological polar surface area (TPSA) is 22.1 Å². The molecule has 0 aliphatic rings. The summed E-state index contributed by atoms with van der Waals surface area (Å²) in [6, 6.07) is 1.13. The fourth-order valence-electron chi connectivity index (χ4n) is 0.661. The molecule has 1 aromatic heterocycles. The number of rotatable bonds is 3. The number of nitrogens with zero attached hydrogens (tertiary/aromatic N) is 1. The molecule has 1 atom stereocenters. The summed E-state index contributed by atoms with van der Waals surface area (Å²) in [5, 5.41) is 0.0772. The van der Waals surface area contributed by atoms with Crippen LogP contribution < -0.4 is 4.74 Å². The van der Waals surface area contributed by atoms with Crippen molar-refractivity contribution in [2.75, 3.05) is 0 Å². The van der Waals surface area contributed by atoms with Gasteiger partial charge in [-0.15, -0.1) is 0 Å². The molecule has 0 aliphatic heterocycles. The van der Waals surface area contributed by atoms with Crippen molar-refractivity contribution in [3.63, 3.8) is 0 Å². The van der Waals surface area contributed by atoms with Crippen LogP contribution in [0.1, 0.15) is 0 Å². The van der Waals surface area contributed by atoms with E-state index in [1.165, 1.54) is 0 Å². The Kier molecular flexibility index (Phi) is 4.08. The summed E-state index contributed by atoms with van der Waals surface area (Å²) in [5.74, 6) is -0.348. The lowest BCUT2D eigenvalue weighted by Gasteiger charge is -2.17. The van der Waals surface area contributed by atoms with E-state index in [2.05, 4.69) is 37.3 Å². The molecule has 0 saturated carbocycles. The number of hydrogen-bond donors (Lipinski definition) is 0. The Balaban J connectivity index is 2.86. The first-order valence-electron chi connectivity index (χ1n) is 3.49. The van der Waals surface area contributed by atoms with Crippen LogP contribution >= 0.6 is 39.1 Å². The summed E-state index contributed by atoms with van der Waals surface area (Å²) >= 11 is 13.0. The Morgan fingerprint density at radius 3 is 2.60 bits per heavy atom. The number of halogens is 6. The highest BCUT2D eigenvalue weighted by Crippen LogP contribution is 2.31. The second kappa shape index (κ2) is 4.76. The third-order valence-corrected chi connectivity index (χ3v) is 2.67. The molecule has 0 spiro atoms. The van der Waals surface area contributed by atoms with E-state index in [1.54, 1.807) is 0 Å². The van der Waals surface area contributed by atoms with Crippen molar-refractivity contribution < 1.29 is 17.9 Å². The van der Waals surface area contributed by atoms with Gasteiger partial charge in [-0.2, -0.15) is 8.78 Å². The van der Waals surface area contributed by atoms with Crippen LogP contribution in [0.25, 0.3) is 0 Å². The maximum atomic E-state index is 12.7. The second-order valence-corrected chi connectivity index (χ2v) is 4.00. The zero-order valence-corrected chi connectivity index (χ0v) is 9.95. The summed E-state index contributed by atoms with van der Waals surface area (Å²) in [4.78, 5) is 3.52. The van der Waals surface area contributed by atoms with Gasteiger partial charge in [0.2, 0.25) is 0 Å². The largest absolute Gasteiger partial charge is 0.444 e. The van der Waals surface area contributed by atoms with Crippen LogP contribution in [0, 0.1) is 0 Å². The van der Waals surface area contributed by atoms with Crippen LogP contribution in [0.4, 0.5) is 13.2 Å². The first kappa shape index (κ1) is 12.9. The van der Waals surface area contributed by atoms with Gasteiger partial charge in [-0.1, -0.05) is 23.2 Å². The first-order chi connectivity index (χ1) is 6.83. The Hall–Kier alpha value is -0.200. The summed E-state index contributed by atoms with van der Waals surface area (Å²) in [5.41, 5.74) is -2.94. The fraction of sp³-hybridized carbons (Fsp3) is 0.286. The van der Waals surface area contributed by atoms with E-state index in [4.69, 9.17) is 11.6 Å². The molecular weight excluding hydrogens is 322 g/mol. The highest BCUT2D eigenvalue weighted by atomic mass is 79.9. The number of alkyl halides is 4. The standard InChI is InChI=1S/C7H3BrCl2F3NO/c8-4-1-3(2-14-5(4)9)15-7(12,13)6(10)11/h1-2,6H. The predicted octanol–water partition coefficient (Wildman–Crippen LogP) is 4.00. The molecule has 8 heteroatoms. The van der Waals surface area contributed by atoms with E-state index < -0.39 is 11.7 Å². The van der Waals surface area contributed by atoms with Gasteiger partial charge in [-0.05, 0) is 22.0 Å². The van der Waals surface area contributed by atoms with Crippen molar-refractivity contribution in [2.45, 2.75) is 11.7 Å². The molecule has 0 fully saturated rings. The summed E-state index contributed by atoms with van der Waals surface area (Å²) < 4.78 is 41.8. The van der Waals surface area contributed by atoms with Crippen molar-refractivity contribution >= 4 is 39.1 Å². The van der Waals surface area contributed by atoms with Gasteiger partial charge in [0.25, 0.3) is 5.63 Å². The summed E-state index contributed by atoms with van der Waals surface area (Å²) in [6.45, 7) is 0. The number of ether oxygens (including phenoxy) is 1. The van der Waals surface area contributed by atoms with E-state index in [0.717, 1.165) is 12.3 Å². The smallest absolute Gasteiger partial charge is 0.428 e. The van der Waals surface area contributed by atoms with Crippen LogP contribution in [0.2, 0.25) is 5.15 Å². The molecule has 1 heterocycles. The average molecular weight is 325 g/mol. The van der Waals surface area contributed by atoms with Gasteiger partial charge in [-0.3, -0.25) is 0 Å². The minimum absolute atomic E-state index is 0.0772. The van der Waals surface area contributed by atoms with Crippen molar-refractivity contribution in [1.82, 2.24) is 4.98 Å². The second-order valence-electron chi connectivity index (χ2n) is 2.41. The van der Waals surface area contributed by atoms with Gasteiger partial charge in [-0.25, -0.2) is 9.37 Å². The Morgan fingerprint density at radius 1 is 1.53 bits per heavy atom. The molecule has 0 saturated heterocycles. The van der Waals surface area contributed by atoms with Gasteiger partial charge in [0.15, 0.2) is 0 Å². The van der Waals surface area contributed by atoms with E-state index in [0.29, 0.717) is 0 Å². The van der Waals surface area contributed by atoms with Gasteiger partial charge in [0.05, 0.1) is 10.7 Å². The van der Waals surface area contributed by atoms with Crippen molar-refractivity contribution in [1.29, 1.82) is 0 Å². The van der Waals surface area contributed by atoms with Crippen LogP contribution in [0.3, 0.4) is 0 Å². The van der Waals surface area contributed by atoms with Gasteiger partial charge in [0, 0.05) is 0 Å². The number of aromatic nitrogens is 1. The molecule has 0 aliphatic carbocycles. The van der Waals surface area contributed by atoms with Crippen molar-refractivity contribution in [3.05, 3.63) is 21.9 Å². The Labute approximate surface area is 101 Å². The van der Waals surface area contributed by atoms with Gasteiger partial charge >= 0.3 is 6.11 Å². The third kappa shape index (κ3) is 3.39. The van der Waals surface area contributed by atoms with Crippen LogP contribution in [0.15, 0.2) is 16.7 Å². The monoisotopic (exact) mass is 323 g/mol. The molecule has 0 N–H and O–H groups in total. The molecule has 0 radical (unpaired) electrons.